The van der Waals surface area contributed by atoms with Crippen molar-refractivity contribution in [2.45, 2.75) is 13.3 Å². The summed E-state index contributed by atoms with van der Waals surface area (Å²) in [4.78, 5) is 12.1. The van der Waals surface area contributed by atoms with Crippen LogP contribution in [0.2, 0.25) is 0 Å². The zero-order valence-electron chi connectivity index (χ0n) is 13.0. The number of hydrogen-bond donors (Lipinski definition) is 1. The van der Waals surface area contributed by atoms with E-state index in [1.165, 1.54) is 6.08 Å². The number of rotatable bonds is 4. The van der Waals surface area contributed by atoms with Crippen molar-refractivity contribution in [1.29, 1.82) is 0 Å². The molecule has 2 aromatic rings. The van der Waals surface area contributed by atoms with Crippen molar-refractivity contribution in [2.75, 3.05) is 18.5 Å². The molecule has 4 heteroatoms. The Kier molecular flexibility index (Phi) is 4.62. The van der Waals surface area contributed by atoms with Gasteiger partial charge in [0.25, 0.3) is 0 Å². The van der Waals surface area contributed by atoms with Gasteiger partial charge in [-0.25, -0.2) is 0 Å². The number of carbonyl (C=O) groups excluding carboxylic acids is 1. The van der Waals surface area contributed by atoms with E-state index < -0.39 is 0 Å². The number of amides is 1. The molecule has 1 aliphatic heterocycles. The molecule has 1 aliphatic rings. The molecule has 1 N–H and O–H groups in total. The van der Waals surface area contributed by atoms with Crippen LogP contribution in [-0.4, -0.2) is 19.1 Å². The number of benzene rings is 2. The van der Waals surface area contributed by atoms with Crippen LogP contribution in [0.4, 0.5) is 5.69 Å². The van der Waals surface area contributed by atoms with E-state index in [9.17, 15) is 4.79 Å². The standard InChI is InChI=1S/C19H19NO3/c1-2-15-5-3-4-6-16(15)20-19(21)10-8-14-7-9-17-18(13-14)23-12-11-22-17/h3-10,13H,2,11-12H2,1H3,(H,20,21)/b10-8+. The number of para-hydroxylation sites is 1. The molecule has 0 unspecified atom stereocenters. The van der Waals surface area contributed by atoms with Crippen molar-refractivity contribution in [3.8, 4) is 11.5 Å². The van der Waals surface area contributed by atoms with Gasteiger partial charge in [0.15, 0.2) is 11.5 Å². The quantitative estimate of drug-likeness (QED) is 0.877. The average molecular weight is 309 g/mol. The number of anilines is 1. The minimum atomic E-state index is -0.152. The maximum absolute atomic E-state index is 12.1. The van der Waals surface area contributed by atoms with Gasteiger partial charge in [0.1, 0.15) is 13.2 Å². The van der Waals surface area contributed by atoms with E-state index >= 15 is 0 Å². The van der Waals surface area contributed by atoms with Crippen LogP contribution < -0.4 is 14.8 Å². The minimum absolute atomic E-state index is 0.152. The largest absolute Gasteiger partial charge is 0.486 e. The van der Waals surface area contributed by atoms with Gasteiger partial charge in [-0.15, -0.1) is 0 Å². The first-order chi connectivity index (χ1) is 11.3. The Bertz CT molecular complexity index is 737. The van der Waals surface area contributed by atoms with E-state index in [0.29, 0.717) is 13.2 Å². The van der Waals surface area contributed by atoms with Crippen molar-refractivity contribution in [1.82, 2.24) is 0 Å². The lowest BCUT2D eigenvalue weighted by Crippen LogP contribution is -2.15. The van der Waals surface area contributed by atoms with Crippen molar-refractivity contribution in [2.24, 2.45) is 0 Å². The molecule has 0 aromatic heterocycles. The number of ether oxygens (including phenoxy) is 2. The first-order valence-electron chi connectivity index (χ1n) is 7.73. The Morgan fingerprint density at radius 1 is 1.13 bits per heavy atom. The summed E-state index contributed by atoms with van der Waals surface area (Å²) < 4.78 is 11.0. The van der Waals surface area contributed by atoms with Gasteiger partial charge >= 0.3 is 0 Å². The van der Waals surface area contributed by atoms with Gasteiger partial charge in [-0.1, -0.05) is 31.2 Å². The Labute approximate surface area is 135 Å². The third-order valence-corrected chi connectivity index (χ3v) is 3.65. The molecule has 0 saturated carbocycles. The van der Waals surface area contributed by atoms with Gasteiger partial charge in [0.05, 0.1) is 0 Å². The Morgan fingerprint density at radius 3 is 2.74 bits per heavy atom. The molecule has 23 heavy (non-hydrogen) atoms. The van der Waals surface area contributed by atoms with Gasteiger partial charge in [0, 0.05) is 11.8 Å². The highest BCUT2D eigenvalue weighted by Crippen LogP contribution is 2.31. The SMILES string of the molecule is CCc1ccccc1NC(=O)/C=C/c1ccc2c(c1)OCCO2. The van der Waals surface area contributed by atoms with E-state index in [-0.39, 0.29) is 5.91 Å². The van der Waals surface area contributed by atoms with E-state index in [1.54, 1.807) is 6.08 Å². The lowest BCUT2D eigenvalue weighted by atomic mass is 10.1. The minimum Gasteiger partial charge on any atom is -0.486 e. The van der Waals surface area contributed by atoms with Crippen molar-refractivity contribution >= 4 is 17.7 Å². The lowest BCUT2D eigenvalue weighted by molar-refractivity contribution is -0.111. The fraction of sp³-hybridized carbons (Fsp3) is 0.211. The molecule has 0 radical (unpaired) electrons. The predicted molar refractivity (Wildman–Crippen MR) is 90.9 cm³/mol. The second-order valence-corrected chi connectivity index (χ2v) is 5.24. The number of hydrogen-bond acceptors (Lipinski definition) is 3. The highest BCUT2D eigenvalue weighted by molar-refractivity contribution is 6.02. The third-order valence-electron chi connectivity index (χ3n) is 3.65. The molecule has 0 atom stereocenters. The smallest absolute Gasteiger partial charge is 0.248 e. The third kappa shape index (κ3) is 3.72. The molecule has 0 aliphatic carbocycles. The molecule has 4 nitrogen and oxygen atoms in total. The van der Waals surface area contributed by atoms with Crippen LogP contribution in [0.5, 0.6) is 11.5 Å². The van der Waals surface area contributed by atoms with Crippen LogP contribution in [-0.2, 0) is 11.2 Å². The molecule has 2 aromatic carbocycles. The first-order valence-corrected chi connectivity index (χ1v) is 7.73. The van der Waals surface area contributed by atoms with Crippen molar-refractivity contribution < 1.29 is 14.3 Å². The molecule has 1 heterocycles. The Morgan fingerprint density at radius 2 is 1.91 bits per heavy atom. The Balaban J connectivity index is 1.69. The van der Waals surface area contributed by atoms with E-state index in [2.05, 4.69) is 12.2 Å². The molecule has 118 valence electrons. The fourth-order valence-corrected chi connectivity index (χ4v) is 2.46. The molecule has 0 saturated heterocycles. The van der Waals surface area contributed by atoms with Crippen LogP contribution in [0.1, 0.15) is 18.1 Å². The van der Waals surface area contributed by atoms with Crippen LogP contribution in [0.25, 0.3) is 6.08 Å². The topological polar surface area (TPSA) is 47.6 Å². The molecule has 1 amide bonds. The zero-order valence-corrected chi connectivity index (χ0v) is 13.0. The molecule has 0 bridgehead atoms. The summed E-state index contributed by atoms with van der Waals surface area (Å²) in [5, 5.41) is 2.91. The van der Waals surface area contributed by atoms with Crippen LogP contribution in [0.15, 0.2) is 48.5 Å². The fourth-order valence-electron chi connectivity index (χ4n) is 2.46. The summed E-state index contributed by atoms with van der Waals surface area (Å²) in [5.41, 5.74) is 2.87. The summed E-state index contributed by atoms with van der Waals surface area (Å²) in [7, 11) is 0. The number of carbonyl (C=O) groups is 1. The van der Waals surface area contributed by atoms with E-state index in [0.717, 1.165) is 34.7 Å². The van der Waals surface area contributed by atoms with Gasteiger partial charge in [0.2, 0.25) is 5.91 Å². The average Bonchev–Trinajstić information content (AvgIpc) is 2.60. The summed E-state index contributed by atoms with van der Waals surface area (Å²) in [6.07, 6.45) is 4.17. The lowest BCUT2D eigenvalue weighted by Gasteiger charge is -2.18. The van der Waals surface area contributed by atoms with Gasteiger partial charge in [-0.05, 0) is 41.8 Å². The summed E-state index contributed by atoms with van der Waals surface area (Å²) >= 11 is 0. The van der Waals surface area contributed by atoms with Crippen LogP contribution in [0.3, 0.4) is 0 Å². The van der Waals surface area contributed by atoms with E-state index in [4.69, 9.17) is 9.47 Å². The highest BCUT2D eigenvalue weighted by atomic mass is 16.6. The summed E-state index contributed by atoms with van der Waals surface area (Å²) in [6.45, 7) is 3.19. The zero-order chi connectivity index (χ0) is 16.1. The Hall–Kier alpha value is -2.75. The van der Waals surface area contributed by atoms with Crippen LogP contribution >= 0.6 is 0 Å². The highest BCUT2D eigenvalue weighted by Gasteiger charge is 2.10. The number of nitrogens with one attached hydrogen (secondary N) is 1. The first kappa shape index (κ1) is 15.2. The monoisotopic (exact) mass is 309 g/mol. The van der Waals surface area contributed by atoms with Crippen molar-refractivity contribution in [3.05, 3.63) is 59.7 Å². The predicted octanol–water partition coefficient (Wildman–Crippen LogP) is 3.67. The van der Waals surface area contributed by atoms with Gasteiger partial charge in [-0.2, -0.15) is 0 Å². The van der Waals surface area contributed by atoms with Gasteiger partial charge < -0.3 is 14.8 Å². The maximum atomic E-state index is 12.1. The summed E-state index contributed by atoms with van der Waals surface area (Å²) in [5.74, 6) is 1.31. The maximum Gasteiger partial charge on any atom is 0.248 e. The normalized spacial score (nSPS) is 13.1. The van der Waals surface area contributed by atoms with Crippen LogP contribution in [0, 0.1) is 0 Å². The van der Waals surface area contributed by atoms with E-state index in [1.807, 2.05) is 42.5 Å². The molecular weight excluding hydrogens is 290 g/mol. The second-order valence-electron chi connectivity index (χ2n) is 5.24. The summed E-state index contributed by atoms with van der Waals surface area (Å²) in [6, 6.07) is 13.4. The molecule has 0 spiro atoms. The molecule has 3 rings (SSSR count). The second kappa shape index (κ2) is 7.01. The molecular formula is C19H19NO3. The van der Waals surface area contributed by atoms with Gasteiger partial charge in [-0.3, -0.25) is 4.79 Å². The number of aryl methyl sites for hydroxylation is 1. The molecule has 0 fully saturated rings. The van der Waals surface area contributed by atoms with Crippen molar-refractivity contribution in [3.63, 3.8) is 0 Å². The number of fused-ring (bicyclic) bond motifs is 1.